The number of aliphatic hydroxyl groups excluding tert-OH is 1. The number of aliphatic hydroxyl groups is 1. The number of hydrogen-bond donors (Lipinski definition) is 2. The minimum absolute atomic E-state index is 0.00882. The fraction of sp³-hybridized carbons (Fsp3) is 0.421. The molecule has 0 aliphatic carbocycles. The van der Waals surface area contributed by atoms with Crippen molar-refractivity contribution in [3.63, 3.8) is 0 Å². The normalized spacial score (nSPS) is 12.6. The Kier molecular flexibility index (Phi) is 4.99. The van der Waals surface area contributed by atoms with Crippen molar-refractivity contribution in [3.8, 4) is 0 Å². The van der Waals surface area contributed by atoms with Gasteiger partial charge in [0.2, 0.25) is 5.91 Å². The molecule has 0 aliphatic rings. The number of fused-ring (bicyclic) bond motifs is 3. The minimum atomic E-state index is -0.0169. The molecule has 1 atom stereocenters. The van der Waals surface area contributed by atoms with Gasteiger partial charge in [-0.3, -0.25) is 4.79 Å². The lowest BCUT2D eigenvalue weighted by molar-refractivity contribution is -0.121. The van der Waals surface area contributed by atoms with E-state index in [0.29, 0.717) is 19.3 Å². The van der Waals surface area contributed by atoms with Gasteiger partial charge in [-0.25, -0.2) is 9.50 Å². The average molecular weight is 340 g/mol. The highest BCUT2D eigenvalue weighted by molar-refractivity contribution is 5.92. The van der Waals surface area contributed by atoms with E-state index < -0.39 is 0 Å². The summed E-state index contributed by atoms with van der Waals surface area (Å²) in [5.74, 6) is -0.00882. The van der Waals surface area contributed by atoms with E-state index in [-0.39, 0.29) is 18.6 Å². The summed E-state index contributed by atoms with van der Waals surface area (Å²) in [6.07, 6.45) is 1.58. The van der Waals surface area contributed by atoms with Gasteiger partial charge in [0.1, 0.15) is 0 Å². The van der Waals surface area contributed by atoms with Crippen LogP contribution in [-0.2, 0) is 11.2 Å². The summed E-state index contributed by atoms with van der Waals surface area (Å²) in [7, 11) is 0. The van der Waals surface area contributed by atoms with Gasteiger partial charge in [0.25, 0.3) is 0 Å². The Morgan fingerprint density at radius 3 is 2.84 bits per heavy atom. The minimum Gasteiger partial charge on any atom is -0.396 e. The standard InChI is InChI=1S/C19H24N4O2/c1-12(10-11-24)20-18(25)9-8-15-13(2)21-19-16-6-4-5-7-17(16)22-23(19)14(15)3/h4-7,12,24H,8-11H2,1-3H3,(H,20,25)/t12-/m1/s1. The molecule has 0 radical (unpaired) electrons. The Morgan fingerprint density at radius 2 is 2.08 bits per heavy atom. The fourth-order valence-electron chi connectivity index (χ4n) is 3.19. The molecular formula is C19H24N4O2. The van der Waals surface area contributed by atoms with Gasteiger partial charge in [-0.05, 0) is 51.3 Å². The van der Waals surface area contributed by atoms with E-state index in [4.69, 9.17) is 10.1 Å². The van der Waals surface area contributed by atoms with Crippen molar-refractivity contribution < 1.29 is 9.90 Å². The van der Waals surface area contributed by atoms with Crippen molar-refractivity contribution in [3.05, 3.63) is 41.2 Å². The summed E-state index contributed by atoms with van der Waals surface area (Å²) in [5, 5.41) is 17.5. The number of rotatable bonds is 6. The van der Waals surface area contributed by atoms with Gasteiger partial charge in [0.05, 0.1) is 5.52 Å². The highest BCUT2D eigenvalue weighted by Crippen LogP contribution is 2.22. The molecule has 1 amide bonds. The molecule has 2 N–H and O–H groups in total. The zero-order chi connectivity index (χ0) is 18.0. The van der Waals surface area contributed by atoms with Crippen LogP contribution in [0.5, 0.6) is 0 Å². The summed E-state index contributed by atoms with van der Waals surface area (Å²) in [6.45, 7) is 5.98. The molecule has 0 unspecified atom stereocenters. The monoisotopic (exact) mass is 340 g/mol. The second-order valence-corrected chi connectivity index (χ2v) is 6.49. The Morgan fingerprint density at radius 1 is 1.32 bits per heavy atom. The largest absolute Gasteiger partial charge is 0.396 e. The Labute approximate surface area is 146 Å². The highest BCUT2D eigenvalue weighted by Gasteiger charge is 2.15. The number of carbonyl (C=O) groups is 1. The summed E-state index contributed by atoms with van der Waals surface area (Å²) in [4.78, 5) is 16.8. The molecular weight excluding hydrogens is 316 g/mol. The SMILES string of the molecule is Cc1nc2c3ccccc3nn2c(C)c1CCC(=O)N[C@H](C)CCO. The van der Waals surface area contributed by atoms with Gasteiger partial charge in [0.15, 0.2) is 5.65 Å². The van der Waals surface area contributed by atoms with E-state index in [2.05, 4.69) is 10.4 Å². The molecule has 3 aromatic rings. The lowest BCUT2D eigenvalue weighted by Crippen LogP contribution is -2.33. The molecule has 1 aromatic carbocycles. The van der Waals surface area contributed by atoms with E-state index in [0.717, 1.165) is 33.5 Å². The molecule has 25 heavy (non-hydrogen) atoms. The van der Waals surface area contributed by atoms with Gasteiger partial charge in [-0.1, -0.05) is 12.1 Å². The zero-order valence-corrected chi connectivity index (χ0v) is 14.9. The predicted molar refractivity (Wildman–Crippen MR) is 97.6 cm³/mol. The number of amides is 1. The third-order valence-corrected chi connectivity index (χ3v) is 4.59. The molecule has 0 saturated heterocycles. The van der Waals surface area contributed by atoms with E-state index in [1.54, 1.807) is 0 Å². The lowest BCUT2D eigenvalue weighted by Gasteiger charge is -2.14. The molecule has 3 rings (SSSR count). The van der Waals surface area contributed by atoms with E-state index in [9.17, 15) is 4.79 Å². The topological polar surface area (TPSA) is 79.5 Å². The van der Waals surface area contributed by atoms with Gasteiger partial charge < -0.3 is 10.4 Å². The van der Waals surface area contributed by atoms with Crippen LogP contribution in [0.1, 0.15) is 36.7 Å². The summed E-state index contributed by atoms with van der Waals surface area (Å²) >= 11 is 0. The Hall–Kier alpha value is -2.47. The first-order valence-electron chi connectivity index (χ1n) is 8.65. The van der Waals surface area contributed by atoms with Crippen LogP contribution in [0.3, 0.4) is 0 Å². The maximum Gasteiger partial charge on any atom is 0.220 e. The average Bonchev–Trinajstić information content (AvgIpc) is 2.94. The van der Waals surface area contributed by atoms with Crippen LogP contribution in [0.15, 0.2) is 24.3 Å². The third kappa shape index (κ3) is 3.49. The zero-order valence-electron chi connectivity index (χ0n) is 14.9. The third-order valence-electron chi connectivity index (χ3n) is 4.59. The fourth-order valence-corrected chi connectivity index (χ4v) is 3.19. The molecule has 6 heteroatoms. The van der Waals surface area contributed by atoms with Crippen LogP contribution >= 0.6 is 0 Å². The molecule has 132 valence electrons. The summed E-state index contributed by atoms with van der Waals surface area (Å²) < 4.78 is 1.87. The van der Waals surface area contributed by atoms with E-state index in [1.165, 1.54) is 0 Å². The molecule has 0 aliphatic heterocycles. The van der Waals surface area contributed by atoms with Crippen LogP contribution < -0.4 is 5.32 Å². The Balaban J connectivity index is 1.84. The second-order valence-electron chi connectivity index (χ2n) is 6.49. The number of carbonyl (C=O) groups excluding carboxylic acids is 1. The summed E-state index contributed by atoms with van der Waals surface area (Å²) in [5.41, 5.74) is 4.80. The molecule has 0 bridgehead atoms. The maximum absolute atomic E-state index is 12.1. The van der Waals surface area contributed by atoms with Gasteiger partial charge in [0, 0.05) is 35.8 Å². The quantitative estimate of drug-likeness (QED) is 0.722. The van der Waals surface area contributed by atoms with Crippen molar-refractivity contribution >= 4 is 22.5 Å². The van der Waals surface area contributed by atoms with Crippen molar-refractivity contribution in [1.82, 2.24) is 19.9 Å². The van der Waals surface area contributed by atoms with Crippen molar-refractivity contribution in [2.24, 2.45) is 0 Å². The maximum atomic E-state index is 12.1. The number of hydrogen-bond acceptors (Lipinski definition) is 4. The number of nitrogens with zero attached hydrogens (tertiary/aromatic N) is 3. The molecule has 2 heterocycles. The first-order valence-corrected chi connectivity index (χ1v) is 8.65. The van der Waals surface area contributed by atoms with Crippen LogP contribution in [0.2, 0.25) is 0 Å². The first-order chi connectivity index (χ1) is 12.0. The summed E-state index contributed by atoms with van der Waals surface area (Å²) in [6, 6.07) is 7.95. The highest BCUT2D eigenvalue weighted by atomic mass is 16.3. The number of nitrogens with one attached hydrogen (secondary N) is 1. The lowest BCUT2D eigenvalue weighted by atomic mass is 10.1. The van der Waals surface area contributed by atoms with Gasteiger partial charge >= 0.3 is 0 Å². The molecule has 2 aromatic heterocycles. The first kappa shape index (κ1) is 17.4. The molecule has 0 saturated carbocycles. The van der Waals surface area contributed by atoms with Crippen molar-refractivity contribution in [2.45, 2.75) is 46.1 Å². The van der Waals surface area contributed by atoms with Gasteiger partial charge in [-0.2, -0.15) is 5.10 Å². The van der Waals surface area contributed by atoms with Crippen LogP contribution in [-0.4, -0.2) is 38.3 Å². The van der Waals surface area contributed by atoms with E-state index in [1.807, 2.05) is 49.6 Å². The molecule has 0 fully saturated rings. The Bertz CT molecular complexity index is 917. The van der Waals surface area contributed by atoms with Crippen molar-refractivity contribution in [2.75, 3.05) is 6.61 Å². The smallest absolute Gasteiger partial charge is 0.220 e. The van der Waals surface area contributed by atoms with Crippen molar-refractivity contribution in [1.29, 1.82) is 0 Å². The number of aromatic nitrogens is 3. The second kappa shape index (κ2) is 7.19. The molecule has 0 spiro atoms. The van der Waals surface area contributed by atoms with E-state index >= 15 is 0 Å². The predicted octanol–water partition coefficient (Wildman–Crippen LogP) is 2.32. The number of benzene rings is 1. The molecule has 6 nitrogen and oxygen atoms in total. The van der Waals surface area contributed by atoms with Crippen LogP contribution in [0.4, 0.5) is 0 Å². The number of aryl methyl sites for hydroxylation is 2. The van der Waals surface area contributed by atoms with Crippen LogP contribution in [0, 0.1) is 13.8 Å². The van der Waals surface area contributed by atoms with Crippen LogP contribution in [0.25, 0.3) is 16.6 Å². The van der Waals surface area contributed by atoms with Gasteiger partial charge in [-0.15, -0.1) is 0 Å².